The maximum atomic E-state index is 10.4. The smallest absolute Gasteiger partial charge is 0.369 e. The number of carbonyl (C=O) groups excluding carboxylic acids is 2. The molecule has 7 nitrogen and oxygen atoms in total. The summed E-state index contributed by atoms with van der Waals surface area (Å²) in [6.07, 6.45) is 0.759. The summed E-state index contributed by atoms with van der Waals surface area (Å²) in [6.45, 7) is 11.9. The summed E-state index contributed by atoms with van der Waals surface area (Å²) in [5, 5.41) is 16.6. The molecule has 0 aromatic rings. The summed E-state index contributed by atoms with van der Waals surface area (Å²) in [7, 11) is 0. The van der Waals surface area contributed by atoms with Crippen LogP contribution in [0.25, 0.3) is 0 Å². The van der Waals surface area contributed by atoms with Crippen LogP contribution < -0.4 is 0 Å². The van der Waals surface area contributed by atoms with Gasteiger partial charge in [0.15, 0.2) is 0 Å². The molecule has 2 radical (unpaired) electrons. The zero-order chi connectivity index (χ0) is 20.1. The van der Waals surface area contributed by atoms with Crippen molar-refractivity contribution in [2.75, 3.05) is 0 Å². The highest BCUT2D eigenvalue weighted by Gasteiger charge is 2.19. The molecule has 0 saturated heterocycles. The Kier molecular flexibility index (Phi) is 16.3. The number of hydrogen-bond acceptors (Lipinski definition) is 5. The van der Waals surface area contributed by atoms with E-state index in [1.54, 1.807) is 13.8 Å². The summed E-state index contributed by atoms with van der Waals surface area (Å²) < 4.78 is 4.85. The lowest BCUT2D eigenvalue weighted by Gasteiger charge is -2.17. The highest BCUT2D eigenvalue weighted by Crippen LogP contribution is 2.03. The van der Waals surface area contributed by atoms with Crippen molar-refractivity contribution in [2.45, 2.75) is 66.9 Å². The molecule has 0 aliphatic heterocycles. The third kappa shape index (κ3) is 17.1. The molecule has 0 saturated carbocycles. The molecule has 2 atom stereocenters. The Morgan fingerprint density at radius 3 is 1.08 bits per heavy atom. The minimum Gasteiger partial charge on any atom is -0.512 e. The number of ketones is 2. The van der Waals surface area contributed by atoms with E-state index in [0.29, 0.717) is 12.8 Å². The predicted octanol–water partition coefficient (Wildman–Crippen LogP) is 2.26. The summed E-state index contributed by atoms with van der Waals surface area (Å²) in [5.74, 6) is -4.19. The average molecular weight is 360 g/mol. The number of carbonyl (C=O) groups is 4. The van der Waals surface area contributed by atoms with Gasteiger partial charge in [-0.3, -0.25) is 19.2 Å². The van der Waals surface area contributed by atoms with E-state index in [4.69, 9.17) is 14.0 Å². The molecule has 0 aromatic heterocycles. The van der Waals surface area contributed by atoms with Gasteiger partial charge in [-0.15, -0.1) is 0 Å². The largest absolute Gasteiger partial charge is 0.512 e. The third-order valence-corrected chi connectivity index (χ3v) is 3.45. The van der Waals surface area contributed by atoms with Gasteiger partial charge in [-0.25, -0.2) is 0 Å². The number of carboxylic acids is 2. The first-order valence-electron chi connectivity index (χ1n) is 7.59. The molecule has 138 valence electrons. The van der Waals surface area contributed by atoms with Gasteiger partial charge in [-0.05, 0) is 47.5 Å². The van der Waals surface area contributed by atoms with Crippen molar-refractivity contribution in [3.05, 3.63) is 0 Å². The van der Waals surface area contributed by atoms with Crippen LogP contribution in [0.5, 0.6) is 0 Å². The number of Topliss-reactive ketones (excluding diaryl/α,β-unsaturated/α-hetero) is 2. The molecular formula is C16H29AlO7. The maximum Gasteiger partial charge on any atom is 0.369 e. The zero-order valence-corrected chi connectivity index (χ0v) is 16.7. The van der Waals surface area contributed by atoms with Gasteiger partial charge in [-0.2, -0.15) is 0 Å². The molecule has 2 N–H and O–H groups in total. The summed E-state index contributed by atoms with van der Waals surface area (Å²) in [4.78, 5) is 41.2. The Hall–Kier alpha value is -1.23. The molecule has 0 heterocycles. The van der Waals surface area contributed by atoms with Crippen molar-refractivity contribution in [3.63, 3.8) is 0 Å². The van der Waals surface area contributed by atoms with Gasteiger partial charge in [0.2, 0.25) is 0 Å². The second-order valence-electron chi connectivity index (χ2n) is 6.05. The summed E-state index contributed by atoms with van der Waals surface area (Å²) in [6, 6.07) is 0. The van der Waals surface area contributed by atoms with E-state index in [-0.39, 0.29) is 17.2 Å². The van der Waals surface area contributed by atoms with Crippen LogP contribution >= 0.6 is 0 Å². The van der Waals surface area contributed by atoms with E-state index in [1.807, 2.05) is 20.8 Å². The predicted molar refractivity (Wildman–Crippen MR) is 90.8 cm³/mol. The van der Waals surface area contributed by atoms with Crippen LogP contribution in [0.4, 0.5) is 0 Å². The standard InChI is InChI=1S/2C6H10O3.C4H9O.Al/c2*1-3-5(4(2)7)6(8)9;1-4(2,3)5;/h2*5H,3H2,1-2H3,(H,8,9);1-3H3;/q;;-1;+1. The molecule has 2 unspecified atom stereocenters. The van der Waals surface area contributed by atoms with E-state index < -0.39 is 23.8 Å². The maximum absolute atomic E-state index is 10.4. The minimum atomic E-state index is -1.02. The molecule has 0 spiro atoms. The highest BCUT2D eigenvalue weighted by atomic mass is 27.1. The van der Waals surface area contributed by atoms with E-state index in [9.17, 15) is 19.2 Å². The minimum absolute atomic E-state index is 0.00463. The first-order chi connectivity index (χ1) is 10.7. The number of hydrogen-bond donors (Lipinski definition) is 2. The molecule has 0 aliphatic carbocycles. The van der Waals surface area contributed by atoms with Crippen molar-refractivity contribution >= 4 is 40.1 Å². The first-order valence-corrected chi connectivity index (χ1v) is 8.06. The summed E-state index contributed by atoms with van der Waals surface area (Å²) >= 11 is 2.22. The molecule has 0 rings (SSSR count). The lowest BCUT2D eigenvalue weighted by molar-refractivity contribution is -0.147. The fourth-order valence-corrected chi connectivity index (χ4v) is 1.27. The van der Waals surface area contributed by atoms with Crippen LogP contribution in [0, 0.1) is 11.8 Å². The number of rotatable bonds is 6. The zero-order valence-electron chi connectivity index (χ0n) is 15.6. The Balaban J connectivity index is -0.000000282. The highest BCUT2D eigenvalue weighted by molar-refractivity contribution is 5.98. The van der Waals surface area contributed by atoms with Crippen LogP contribution in [0.2, 0.25) is 0 Å². The fraction of sp³-hybridized carbons (Fsp3) is 0.750. The van der Waals surface area contributed by atoms with Crippen molar-refractivity contribution in [1.82, 2.24) is 0 Å². The van der Waals surface area contributed by atoms with Crippen LogP contribution in [-0.2, 0) is 23.0 Å². The molecule has 0 bridgehead atoms. The number of aliphatic carboxylic acids is 2. The van der Waals surface area contributed by atoms with Crippen LogP contribution in [0.15, 0.2) is 0 Å². The van der Waals surface area contributed by atoms with Gasteiger partial charge in [-0.1, -0.05) is 13.8 Å². The van der Waals surface area contributed by atoms with Gasteiger partial charge in [0.1, 0.15) is 23.4 Å². The van der Waals surface area contributed by atoms with Crippen LogP contribution in [0.3, 0.4) is 0 Å². The van der Waals surface area contributed by atoms with Gasteiger partial charge < -0.3 is 14.0 Å². The molecule has 24 heavy (non-hydrogen) atoms. The van der Waals surface area contributed by atoms with Crippen molar-refractivity contribution in [3.8, 4) is 0 Å². The second-order valence-corrected chi connectivity index (χ2v) is 6.29. The summed E-state index contributed by atoms with van der Waals surface area (Å²) in [5.41, 5.74) is 0.00463. The van der Waals surface area contributed by atoms with E-state index in [2.05, 4.69) is 16.6 Å². The SMILES string of the molecule is CC(C)(C)[O][Al].CCC(C(C)=O)C(=O)O.CCC(C(C)=O)C(=O)O. The van der Waals surface area contributed by atoms with E-state index in [0.717, 1.165) is 0 Å². The first kappa shape index (κ1) is 27.6. The normalized spacial score (nSPS) is 12.5. The Labute approximate surface area is 152 Å². The molecule has 0 aliphatic rings. The number of carboxylic acid groups (broad SMARTS) is 2. The Morgan fingerprint density at radius 1 is 0.875 bits per heavy atom. The molecule has 0 amide bonds. The second kappa shape index (κ2) is 14.1. The lowest BCUT2D eigenvalue weighted by atomic mass is 10.0. The topological polar surface area (TPSA) is 118 Å². The molecule has 0 fully saturated rings. The molecular weight excluding hydrogens is 331 g/mol. The van der Waals surface area contributed by atoms with Gasteiger partial charge >= 0.3 is 28.6 Å². The van der Waals surface area contributed by atoms with Gasteiger partial charge in [0.25, 0.3) is 0 Å². The van der Waals surface area contributed by atoms with E-state index >= 15 is 0 Å². The molecule has 8 heteroatoms. The lowest BCUT2D eigenvalue weighted by Crippen LogP contribution is -2.19. The van der Waals surface area contributed by atoms with Crippen molar-refractivity contribution < 1.29 is 33.2 Å². The van der Waals surface area contributed by atoms with Crippen molar-refractivity contribution in [2.24, 2.45) is 11.8 Å². The van der Waals surface area contributed by atoms with Crippen molar-refractivity contribution in [1.29, 1.82) is 0 Å². The van der Waals surface area contributed by atoms with Gasteiger partial charge in [0, 0.05) is 5.60 Å². The fourth-order valence-electron chi connectivity index (χ4n) is 1.27. The Morgan fingerprint density at radius 2 is 1.08 bits per heavy atom. The quantitative estimate of drug-likeness (QED) is 0.551. The third-order valence-electron chi connectivity index (χ3n) is 2.75. The van der Waals surface area contributed by atoms with Gasteiger partial charge in [0.05, 0.1) is 0 Å². The van der Waals surface area contributed by atoms with E-state index in [1.165, 1.54) is 13.8 Å². The van der Waals surface area contributed by atoms with Crippen LogP contribution in [0.1, 0.15) is 61.3 Å². The molecule has 0 aromatic carbocycles. The average Bonchev–Trinajstić information content (AvgIpc) is 2.38. The monoisotopic (exact) mass is 360 g/mol. The Bertz CT molecular complexity index is 353. The van der Waals surface area contributed by atoms with Crippen LogP contribution in [-0.4, -0.2) is 55.9 Å².